The Morgan fingerprint density at radius 2 is 2.14 bits per heavy atom. The molecule has 80 valence electrons. The zero-order valence-corrected chi connectivity index (χ0v) is 9.64. The normalized spacial score (nSPS) is 13.5. The van der Waals surface area contributed by atoms with Crippen molar-refractivity contribution in [2.24, 2.45) is 5.92 Å². The first kappa shape index (κ1) is 11.4. The van der Waals surface area contributed by atoms with Crippen LogP contribution in [0, 0.1) is 10.7 Å². The molecule has 5 heteroatoms. The summed E-state index contributed by atoms with van der Waals surface area (Å²) >= 11 is 5.11. The van der Waals surface area contributed by atoms with Gasteiger partial charge in [-0.1, -0.05) is 13.8 Å². The van der Waals surface area contributed by atoms with Crippen LogP contribution in [-0.2, 0) is 13.0 Å². The van der Waals surface area contributed by atoms with Crippen LogP contribution in [0.3, 0.4) is 0 Å². The first-order valence-corrected chi connectivity index (χ1v) is 5.23. The standard InChI is InChI=1S/C9H17N3OS/c1-6(2)5-12-8(4-7(3)13)10-11-9(12)14/h6-7,13H,4-5H2,1-3H3,(H,11,14). The minimum absolute atomic E-state index is 0.383. The Bertz CT molecular complexity index is 340. The highest BCUT2D eigenvalue weighted by molar-refractivity contribution is 7.71. The third kappa shape index (κ3) is 2.92. The van der Waals surface area contributed by atoms with Gasteiger partial charge >= 0.3 is 0 Å². The van der Waals surface area contributed by atoms with Crippen molar-refractivity contribution in [2.75, 3.05) is 0 Å². The summed E-state index contributed by atoms with van der Waals surface area (Å²) in [6.45, 7) is 6.84. The molecule has 0 aliphatic carbocycles. The Labute approximate surface area is 89.0 Å². The monoisotopic (exact) mass is 215 g/mol. The van der Waals surface area contributed by atoms with E-state index in [0.717, 1.165) is 12.4 Å². The number of hydrogen-bond acceptors (Lipinski definition) is 3. The highest BCUT2D eigenvalue weighted by Gasteiger charge is 2.09. The lowest BCUT2D eigenvalue weighted by atomic mass is 10.2. The molecule has 0 amide bonds. The second-order valence-electron chi connectivity index (χ2n) is 4.00. The van der Waals surface area contributed by atoms with Crippen molar-refractivity contribution in [3.05, 3.63) is 10.6 Å². The topological polar surface area (TPSA) is 53.8 Å². The van der Waals surface area contributed by atoms with Gasteiger partial charge in [0.1, 0.15) is 5.82 Å². The minimum Gasteiger partial charge on any atom is -0.393 e. The van der Waals surface area contributed by atoms with Gasteiger partial charge in [-0.25, -0.2) is 0 Å². The number of aliphatic hydroxyl groups excluding tert-OH is 1. The minimum atomic E-state index is -0.383. The third-order valence-corrected chi connectivity index (χ3v) is 2.17. The van der Waals surface area contributed by atoms with Crippen LogP contribution in [0.1, 0.15) is 26.6 Å². The van der Waals surface area contributed by atoms with Crippen molar-refractivity contribution in [3.63, 3.8) is 0 Å². The molecule has 4 nitrogen and oxygen atoms in total. The second kappa shape index (κ2) is 4.70. The molecule has 2 N–H and O–H groups in total. The molecule has 1 aromatic rings. The summed E-state index contributed by atoms with van der Waals surface area (Å²) in [6, 6.07) is 0. The van der Waals surface area contributed by atoms with E-state index >= 15 is 0 Å². The van der Waals surface area contributed by atoms with Gasteiger partial charge in [0.05, 0.1) is 6.10 Å². The van der Waals surface area contributed by atoms with Gasteiger partial charge in [0.2, 0.25) is 0 Å². The zero-order valence-electron chi connectivity index (χ0n) is 8.82. The maximum absolute atomic E-state index is 9.27. The Morgan fingerprint density at radius 3 is 2.64 bits per heavy atom. The fourth-order valence-corrected chi connectivity index (χ4v) is 1.55. The van der Waals surface area contributed by atoms with E-state index in [2.05, 4.69) is 24.0 Å². The largest absolute Gasteiger partial charge is 0.393 e. The lowest BCUT2D eigenvalue weighted by molar-refractivity contribution is 0.191. The number of nitrogens with zero attached hydrogens (tertiary/aromatic N) is 2. The summed E-state index contributed by atoms with van der Waals surface area (Å²) in [4.78, 5) is 0. The molecular weight excluding hydrogens is 198 g/mol. The SMILES string of the molecule is CC(C)Cn1c(CC(C)O)n[nH]c1=S. The molecule has 0 fully saturated rings. The highest BCUT2D eigenvalue weighted by atomic mass is 32.1. The smallest absolute Gasteiger partial charge is 0.195 e. The van der Waals surface area contributed by atoms with Crippen molar-refractivity contribution in [1.29, 1.82) is 0 Å². The summed E-state index contributed by atoms with van der Waals surface area (Å²) in [5.74, 6) is 1.35. The molecule has 0 aromatic carbocycles. The van der Waals surface area contributed by atoms with Gasteiger partial charge in [0, 0.05) is 13.0 Å². The maximum atomic E-state index is 9.27. The second-order valence-corrected chi connectivity index (χ2v) is 4.39. The van der Waals surface area contributed by atoms with Crippen LogP contribution in [0.25, 0.3) is 0 Å². The molecule has 14 heavy (non-hydrogen) atoms. The van der Waals surface area contributed by atoms with Crippen LogP contribution in [0.15, 0.2) is 0 Å². The number of aliphatic hydroxyl groups is 1. The summed E-state index contributed by atoms with van der Waals surface area (Å²) in [7, 11) is 0. The number of nitrogens with one attached hydrogen (secondary N) is 1. The third-order valence-electron chi connectivity index (χ3n) is 1.86. The van der Waals surface area contributed by atoms with Crippen LogP contribution in [0.5, 0.6) is 0 Å². The van der Waals surface area contributed by atoms with E-state index in [1.165, 1.54) is 0 Å². The van der Waals surface area contributed by atoms with Crippen molar-refractivity contribution in [3.8, 4) is 0 Å². The van der Waals surface area contributed by atoms with Crippen molar-refractivity contribution >= 4 is 12.2 Å². The van der Waals surface area contributed by atoms with Crippen LogP contribution in [0.4, 0.5) is 0 Å². The summed E-state index contributed by atoms with van der Waals surface area (Å²) in [6.07, 6.45) is 0.158. The molecule has 0 aliphatic rings. The van der Waals surface area contributed by atoms with Crippen molar-refractivity contribution in [2.45, 2.75) is 39.8 Å². The van der Waals surface area contributed by atoms with Gasteiger partial charge in [-0.3, -0.25) is 5.10 Å². The van der Waals surface area contributed by atoms with E-state index in [9.17, 15) is 5.11 Å². The van der Waals surface area contributed by atoms with Gasteiger partial charge in [0.15, 0.2) is 4.77 Å². The Morgan fingerprint density at radius 1 is 1.50 bits per heavy atom. The van der Waals surface area contributed by atoms with E-state index in [4.69, 9.17) is 12.2 Å². The predicted molar refractivity (Wildman–Crippen MR) is 57.6 cm³/mol. The average Bonchev–Trinajstić information content (AvgIpc) is 2.34. The Hall–Kier alpha value is -0.680. The van der Waals surface area contributed by atoms with E-state index < -0.39 is 0 Å². The zero-order chi connectivity index (χ0) is 10.7. The lowest BCUT2D eigenvalue weighted by Crippen LogP contribution is -2.14. The maximum Gasteiger partial charge on any atom is 0.195 e. The summed E-state index contributed by atoms with van der Waals surface area (Å²) in [5, 5.41) is 16.1. The molecule has 0 saturated carbocycles. The summed E-state index contributed by atoms with van der Waals surface area (Å²) < 4.78 is 2.58. The fraction of sp³-hybridized carbons (Fsp3) is 0.778. The van der Waals surface area contributed by atoms with Crippen molar-refractivity contribution < 1.29 is 5.11 Å². The number of hydrogen-bond donors (Lipinski definition) is 2. The molecule has 0 saturated heterocycles. The lowest BCUT2D eigenvalue weighted by Gasteiger charge is -2.09. The van der Waals surface area contributed by atoms with Crippen LogP contribution >= 0.6 is 12.2 Å². The van der Waals surface area contributed by atoms with Crippen LogP contribution in [-0.4, -0.2) is 26.0 Å². The Balaban J connectivity index is 2.88. The molecular formula is C9H17N3OS. The van der Waals surface area contributed by atoms with Gasteiger partial charge in [-0.2, -0.15) is 5.10 Å². The molecule has 1 atom stereocenters. The quantitative estimate of drug-likeness (QED) is 0.749. The first-order valence-electron chi connectivity index (χ1n) is 4.83. The molecule has 0 spiro atoms. The number of aromatic nitrogens is 3. The fourth-order valence-electron chi connectivity index (χ4n) is 1.32. The Kier molecular flexibility index (Phi) is 3.83. The number of rotatable bonds is 4. The van der Waals surface area contributed by atoms with Crippen LogP contribution in [0.2, 0.25) is 0 Å². The van der Waals surface area contributed by atoms with Gasteiger partial charge in [-0.05, 0) is 25.1 Å². The average molecular weight is 215 g/mol. The number of aromatic amines is 1. The summed E-state index contributed by atoms with van der Waals surface area (Å²) in [5.41, 5.74) is 0. The van der Waals surface area contributed by atoms with E-state index in [-0.39, 0.29) is 6.10 Å². The van der Waals surface area contributed by atoms with E-state index in [1.54, 1.807) is 6.92 Å². The van der Waals surface area contributed by atoms with Gasteiger partial charge < -0.3 is 9.67 Å². The molecule has 1 unspecified atom stereocenters. The van der Waals surface area contributed by atoms with E-state index in [0.29, 0.717) is 17.1 Å². The molecule has 0 radical (unpaired) electrons. The highest BCUT2D eigenvalue weighted by Crippen LogP contribution is 2.06. The molecule has 1 heterocycles. The molecule has 1 aromatic heterocycles. The molecule has 1 rings (SSSR count). The van der Waals surface area contributed by atoms with Gasteiger partial charge in [0.25, 0.3) is 0 Å². The van der Waals surface area contributed by atoms with Crippen molar-refractivity contribution in [1.82, 2.24) is 14.8 Å². The van der Waals surface area contributed by atoms with Crippen LogP contribution < -0.4 is 0 Å². The predicted octanol–water partition coefficient (Wildman–Crippen LogP) is 1.52. The molecule has 0 aliphatic heterocycles. The van der Waals surface area contributed by atoms with Gasteiger partial charge in [-0.15, -0.1) is 0 Å². The number of H-pyrrole nitrogens is 1. The first-order chi connectivity index (χ1) is 6.50. The molecule has 0 bridgehead atoms. The van der Waals surface area contributed by atoms with E-state index in [1.807, 2.05) is 4.57 Å².